The molecule has 4 heteroatoms. The first kappa shape index (κ1) is 9.48. The van der Waals surface area contributed by atoms with Crippen LogP contribution >= 0.6 is 0 Å². The lowest BCUT2D eigenvalue weighted by Gasteiger charge is -2.28. The van der Waals surface area contributed by atoms with Gasteiger partial charge < -0.3 is 15.6 Å². The van der Waals surface area contributed by atoms with Crippen molar-refractivity contribution in [1.29, 1.82) is 0 Å². The van der Waals surface area contributed by atoms with Crippen molar-refractivity contribution in [3.05, 3.63) is 0 Å². The fourth-order valence-corrected chi connectivity index (χ4v) is 1.55. The maximum Gasteiger partial charge on any atom is 0.308 e. The van der Waals surface area contributed by atoms with Gasteiger partial charge in [-0.1, -0.05) is 0 Å². The Hall–Kier alpha value is -0.610. The van der Waals surface area contributed by atoms with Crippen molar-refractivity contribution < 1.29 is 14.6 Å². The van der Waals surface area contributed by atoms with E-state index in [1.165, 1.54) is 7.11 Å². The van der Waals surface area contributed by atoms with Gasteiger partial charge in [0, 0.05) is 6.04 Å². The highest BCUT2D eigenvalue weighted by molar-refractivity contribution is 5.72. The summed E-state index contributed by atoms with van der Waals surface area (Å²) in [4.78, 5) is 11.0. The number of carbonyl (C=O) groups is 1. The monoisotopic (exact) mass is 173 g/mol. The molecule has 0 aromatic rings. The van der Waals surface area contributed by atoms with E-state index in [0.29, 0.717) is 12.8 Å². The second kappa shape index (κ2) is 3.87. The van der Waals surface area contributed by atoms with E-state index in [9.17, 15) is 9.90 Å². The SMILES string of the molecule is COC(=O)[C@@H]1CC[C@H](N)[C@@H](O)C1. The van der Waals surface area contributed by atoms with Crippen LogP contribution in [0.15, 0.2) is 0 Å². The molecule has 0 radical (unpaired) electrons. The van der Waals surface area contributed by atoms with E-state index in [2.05, 4.69) is 4.74 Å². The zero-order valence-electron chi connectivity index (χ0n) is 7.19. The molecule has 0 unspecified atom stereocenters. The first-order chi connectivity index (χ1) is 5.65. The maximum absolute atomic E-state index is 11.0. The topological polar surface area (TPSA) is 72.5 Å². The minimum Gasteiger partial charge on any atom is -0.469 e. The van der Waals surface area contributed by atoms with Crippen molar-refractivity contribution >= 4 is 5.97 Å². The Morgan fingerprint density at radius 2 is 2.25 bits per heavy atom. The number of methoxy groups -OCH3 is 1. The third-order valence-corrected chi connectivity index (χ3v) is 2.40. The van der Waals surface area contributed by atoms with Gasteiger partial charge >= 0.3 is 5.97 Å². The number of aliphatic hydroxyl groups excluding tert-OH is 1. The van der Waals surface area contributed by atoms with E-state index < -0.39 is 6.10 Å². The number of hydrogen-bond donors (Lipinski definition) is 2. The Morgan fingerprint density at radius 3 is 2.75 bits per heavy atom. The van der Waals surface area contributed by atoms with Gasteiger partial charge in [-0.15, -0.1) is 0 Å². The quantitative estimate of drug-likeness (QED) is 0.531. The number of nitrogens with two attached hydrogens (primary N) is 1. The molecule has 1 rings (SSSR count). The molecule has 1 fully saturated rings. The van der Waals surface area contributed by atoms with Crippen molar-refractivity contribution in [3.63, 3.8) is 0 Å². The molecular formula is C8H15NO3. The van der Waals surface area contributed by atoms with Gasteiger partial charge in [-0.05, 0) is 19.3 Å². The lowest BCUT2D eigenvalue weighted by molar-refractivity contribution is -0.148. The zero-order valence-corrected chi connectivity index (χ0v) is 7.19. The highest BCUT2D eigenvalue weighted by Crippen LogP contribution is 2.24. The predicted octanol–water partition coefficient (Wildman–Crippen LogP) is -0.352. The van der Waals surface area contributed by atoms with E-state index >= 15 is 0 Å². The van der Waals surface area contributed by atoms with Gasteiger partial charge in [0.15, 0.2) is 0 Å². The molecule has 0 aromatic carbocycles. The lowest BCUT2D eigenvalue weighted by Crippen LogP contribution is -2.42. The largest absolute Gasteiger partial charge is 0.469 e. The predicted molar refractivity (Wildman–Crippen MR) is 43.3 cm³/mol. The summed E-state index contributed by atoms with van der Waals surface area (Å²) >= 11 is 0. The summed E-state index contributed by atoms with van der Waals surface area (Å²) in [5.41, 5.74) is 5.58. The summed E-state index contributed by atoms with van der Waals surface area (Å²) in [5.74, 6) is -0.397. The average molecular weight is 173 g/mol. The van der Waals surface area contributed by atoms with Crippen LogP contribution in [0.2, 0.25) is 0 Å². The van der Waals surface area contributed by atoms with Crippen molar-refractivity contribution in [2.24, 2.45) is 11.7 Å². The smallest absolute Gasteiger partial charge is 0.308 e. The molecular weight excluding hydrogens is 158 g/mol. The van der Waals surface area contributed by atoms with Crippen LogP contribution in [0.25, 0.3) is 0 Å². The fourth-order valence-electron chi connectivity index (χ4n) is 1.55. The van der Waals surface area contributed by atoms with Crippen LogP contribution in [0.3, 0.4) is 0 Å². The molecule has 0 aliphatic heterocycles. The zero-order chi connectivity index (χ0) is 9.14. The summed E-state index contributed by atoms with van der Waals surface area (Å²) in [6.07, 6.45) is 1.31. The van der Waals surface area contributed by atoms with Crippen molar-refractivity contribution in [2.75, 3.05) is 7.11 Å². The van der Waals surface area contributed by atoms with Crippen LogP contribution in [0.5, 0.6) is 0 Å². The van der Waals surface area contributed by atoms with Crippen molar-refractivity contribution in [3.8, 4) is 0 Å². The number of rotatable bonds is 1. The molecule has 1 aliphatic carbocycles. The first-order valence-electron chi connectivity index (χ1n) is 4.16. The Bertz CT molecular complexity index is 172. The highest BCUT2D eigenvalue weighted by Gasteiger charge is 2.31. The number of esters is 1. The Morgan fingerprint density at radius 1 is 1.58 bits per heavy atom. The summed E-state index contributed by atoms with van der Waals surface area (Å²) in [7, 11) is 1.36. The summed E-state index contributed by atoms with van der Waals surface area (Å²) in [6.45, 7) is 0. The van der Waals surface area contributed by atoms with E-state index in [1.807, 2.05) is 0 Å². The average Bonchev–Trinajstić information content (AvgIpc) is 2.08. The molecule has 0 spiro atoms. The normalized spacial score (nSPS) is 36.1. The van der Waals surface area contributed by atoms with Crippen LogP contribution in [-0.4, -0.2) is 30.3 Å². The van der Waals surface area contributed by atoms with E-state index in [0.717, 1.165) is 6.42 Å². The molecule has 3 atom stereocenters. The molecule has 0 aromatic heterocycles. The Balaban J connectivity index is 2.45. The van der Waals surface area contributed by atoms with Crippen LogP contribution in [-0.2, 0) is 9.53 Å². The van der Waals surface area contributed by atoms with Crippen LogP contribution in [0.1, 0.15) is 19.3 Å². The molecule has 4 nitrogen and oxygen atoms in total. The van der Waals surface area contributed by atoms with E-state index in [1.54, 1.807) is 0 Å². The fraction of sp³-hybridized carbons (Fsp3) is 0.875. The van der Waals surface area contributed by atoms with Gasteiger partial charge in [0.2, 0.25) is 0 Å². The van der Waals surface area contributed by atoms with Crippen LogP contribution in [0, 0.1) is 5.92 Å². The number of aliphatic hydroxyl groups is 1. The summed E-state index contributed by atoms with van der Waals surface area (Å²) in [6, 6.07) is -0.175. The summed E-state index contributed by atoms with van der Waals surface area (Å²) in [5, 5.41) is 9.36. The van der Waals surface area contributed by atoms with Crippen molar-refractivity contribution in [1.82, 2.24) is 0 Å². The second-order valence-corrected chi connectivity index (χ2v) is 3.26. The third kappa shape index (κ3) is 1.95. The summed E-state index contributed by atoms with van der Waals surface area (Å²) < 4.78 is 4.58. The van der Waals surface area contributed by atoms with E-state index in [-0.39, 0.29) is 17.9 Å². The third-order valence-electron chi connectivity index (χ3n) is 2.40. The number of hydrogen-bond acceptors (Lipinski definition) is 4. The number of carbonyl (C=O) groups excluding carboxylic acids is 1. The molecule has 0 heterocycles. The van der Waals surface area contributed by atoms with Gasteiger partial charge in [-0.2, -0.15) is 0 Å². The number of ether oxygens (including phenoxy) is 1. The molecule has 0 bridgehead atoms. The molecule has 12 heavy (non-hydrogen) atoms. The van der Waals surface area contributed by atoms with Gasteiger partial charge in [0.25, 0.3) is 0 Å². The maximum atomic E-state index is 11.0. The highest BCUT2D eigenvalue weighted by atomic mass is 16.5. The van der Waals surface area contributed by atoms with Crippen molar-refractivity contribution in [2.45, 2.75) is 31.4 Å². The van der Waals surface area contributed by atoms with Gasteiger partial charge in [-0.3, -0.25) is 4.79 Å². The van der Waals surface area contributed by atoms with E-state index in [4.69, 9.17) is 5.73 Å². The Labute approximate surface area is 71.7 Å². The molecule has 1 saturated carbocycles. The van der Waals surface area contributed by atoms with Crippen LogP contribution in [0.4, 0.5) is 0 Å². The molecule has 3 N–H and O–H groups in total. The molecule has 0 saturated heterocycles. The second-order valence-electron chi connectivity index (χ2n) is 3.26. The minimum atomic E-state index is -0.553. The Kier molecular flexibility index (Phi) is 3.05. The molecule has 0 amide bonds. The molecule has 70 valence electrons. The van der Waals surface area contributed by atoms with Gasteiger partial charge in [0.1, 0.15) is 0 Å². The first-order valence-corrected chi connectivity index (χ1v) is 4.16. The van der Waals surface area contributed by atoms with Gasteiger partial charge in [-0.25, -0.2) is 0 Å². The minimum absolute atomic E-state index is 0.162. The molecule has 1 aliphatic rings. The van der Waals surface area contributed by atoms with Gasteiger partial charge in [0.05, 0.1) is 19.1 Å². The van der Waals surface area contributed by atoms with Crippen LogP contribution < -0.4 is 5.73 Å². The standard InChI is InChI=1S/C8H15NO3/c1-12-8(11)5-2-3-6(9)7(10)4-5/h5-7,10H,2-4,9H2,1H3/t5-,6+,7+/m1/s1. The lowest BCUT2D eigenvalue weighted by atomic mass is 9.84.